The van der Waals surface area contributed by atoms with Gasteiger partial charge in [0, 0.05) is 30.9 Å². The Bertz CT molecular complexity index is 1390. The highest BCUT2D eigenvalue weighted by atomic mass is 19.4. The van der Waals surface area contributed by atoms with Crippen molar-refractivity contribution in [3.05, 3.63) is 95.6 Å². The molecule has 1 heterocycles. The van der Waals surface area contributed by atoms with E-state index in [2.05, 4.69) is 34.3 Å². The third kappa shape index (κ3) is 7.77. The van der Waals surface area contributed by atoms with Gasteiger partial charge in [0.05, 0.1) is 16.9 Å². The molecule has 42 heavy (non-hydrogen) atoms. The molecule has 1 aliphatic heterocycles. The summed E-state index contributed by atoms with van der Waals surface area (Å²) < 4.78 is 39.0. The predicted octanol–water partition coefficient (Wildman–Crippen LogP) is 6.04. The fraction of sp³-hybridized carbons (Fsp3) is 0.312. The van der Waals surface area contributed by atoms with Gasteiger partial charge >= 0.3 is 6.18 Å². The number of likely N-dealkylation sites (N-methyl/N-ethyl adjacent to an activating group) is 1. The maximum Gasteiger partial charge on any atom is 0.416 e. The van der Waals surface area contributed by atoms with Crippen molar-refractivity contribution in [1.82, 2.24) is 9.80 Å². The van der Waals surface area contributed by atoms with Crippen LogP contribution < -0.4 is 16.4 Å². The van der Waals surface area contributed by atoms with Crippen molar-refractivity contribution in [2.75, 3.05) is 42.5 Å². The van der Waals surface area contributed by atoms with Gasteiger partial charge in [0.1, 0.15) is 6.04 Å². The Kier molecular flexibility index (Phi) is 10.0. The number of amides is 2. The van der Waals surface area contributed by atoms with Crippen LogP contribution in [0.25, 0.3) is 6.08 Å². The van der Waals surface area contributed by atoms with E-state index < -0.39 is 17.8 Å². The van der Waals surface area contributed by atoms with E-state index in [4.69, 9.17) is 5.73 Å². The normalized spacial score (nSPS) is 16.6. The number of nitrogen functional groups attached to an aromatic ring is 1. The third-order valence-corrected chi connectivity index (χ3v) is 7.51. The molecule has 2 atom stereocenters. The third-order valence-electron chi connectivity index (χ3n) is 7.51. The molecule has 0 spiro atoms. The molecule has 0 radical (unpaired) electrons. The molecule has 2 unspecified atom stereocenters. The number of nitrogens with one attached hydrogen (secondary N) is 2. The molecule has 1 aliphatic rings. The first-order valence-corrected chi connectivity index (χ1v) is 14.0. The lowest BCUT2D eigenvalue weighted by Crippen LogP contribution is -2.40. The maximum absolute atomic E-state index is 13.6. The van der Waals surface area contributed by atoms with Gasteiger partial charge in [-0.05, 0) is 73.1 Å². The van der Waals surface area contributed by atoms with Crippen molar-refractivity contribution in [3.8, 4) is 0 Å². The SMILES string of the molecule is CCN(CC)C1CCN(C(C(=O)Nc2ccc(C(F)(F)F)cc2)c2ccc(/C=C/C(=O)Nc3ccccc3N)cc2)C1. The van der Waals surface area contributed by atoms with E-state index in [0.717, 1.165) is 42.8 Å². The molecule has 0 saturated carbocycles. The van der Waals surface area contributed by atoms with Crippen LogP contribution in [-0.4, -0.2) is 53.8 Å². The number of hydrogen-bond acceptors (Lipinski definition) is 5. The van der Waals surface area contributed by atoms with E-state index in [-0.39, 0.29) is 11.8 Å². The zero-order valence-electron chi connectivity index (χ0n) is 23.7. The van der Waals surface area contributed by atoms with E-state index in [0.29, 0.717) is 36.2 Å². The summed E-state index contributed by atoms with van der Waals surface area (Å²) in [4.78, 5) is 30.5. The van der Waals surface area contributed by atoms with Crippen molar-refractivity contribution in [2.24, 2.45) is 0 Å². The molecule has 4 rings (SSSR count). The van der Waals surface area contributed by atoms with Gasteiger partial charge < -0.3 is 16.4 Å². The standard InChI is InChI=1S/C32H36F3N5O2/c1-3-39(4-2)26-19-20-40(21-26)30(31(42)37-25-16-14-24(15-17-25)32(33,34)35)23-12-9-22(10-13-23)11-18-29(41)38-28-8-6-5-7-27(28)36/h5-18,26,30H,3-4,19-21,36H2,1-2H3,(H,37,42)(H,38,41)/b18-11+. The number of likely N-dealkylation sites (tertiary alicyclic amines) is 1. The molecular formula is C32H36F3N5O2. The van der Waals surface area contributed by atoms with Crippen LogP contribution in [0.2, 0.25) is 0 Å². The van der Waals surface area contributed by atoms with E-state index in [1.165, 1.54) is 18.2 Å². The summed E-state index contributed by atoms with van der Waals surface area (Å²) in [7, 11) is 0. The van der Waals surface area contributed by atoms with Gasteiger partial charge in [0.2, 0.25) is 11.8 Å². The Morgan fingerprint density at radius 1 is 1.00 bits per heavy atom. The lowest BCUT2D eigenvalue weighted by Gasteiger charge is -2.30. The fourth-order valence-corrected chi connectivity index (χ4v) is 5.27. The lowest BCUT2D eigenvalue weighted by molar-refractivity contribution is -0.137. The lowest BCUT2D eigenvalue weighted by atomic mass is 10.0. The number of halogens is 3. The van der Waals surface area contributed by atoms with Crippen molar-refractivity contribution in [1.29, 1.82) is 0 Å². The summed E-state index contributed by atoms with van der Waals surface area (Å²) >= 11 is 0. The number of nitrogens with two attached hydrogens (primary N) is 1. The molecule has 3 aromatic rings. The minimum atomic E-state index is -4.45. The van der Waals surface area contributed by atoms with Gasteiger partial charge in [-0.25, -0.2) is 0 Å². The summed E-state index contributed by atoms with van der Waals surface area (Å²) in [5.74, 6) is -0.650. The van der Waals surface area contributed by atoms with Gasteiger partial charge in [-0.3, -0.25) is 19.4 Å². The highest BCUT2D eigenvalue weighted by Gasteiger charge is 2.35. The van der Waals surface area contributed by atoms with Crippen molar-refractivity contribution < 1.29 is 22.8 Å². The van der Waals surface area contributed by atoms with E-state index in [1.807, 2.05) is 24.3 Å². The molecule has 0 bridgehead atoms. The number of benzene rings is 3. The first-order valence-electron chi connectivity index (χ1n) is 14.0. The first kappa shape index (κ1) is 30.8. The highest BCUT2D eigenvalue weighted by molar-refractivity contribution is 6.03. The van der Waals surface area contributed by atoms with E-state index in [1.54, 1.807) is 30.3 Å². The molecular weight excluding hydrogens is 543 g/mol. The molecule has 0 aliphatic carbocycles. The van der Waals surface area contributed by atoms with Gasteiger partial charge in [0.25, 0.3) is 0 Å². The Balaban J connectivity index is 1.51. The fourth-order valence-electron chi connectivity index (χ4n) is 5.27. The summed E-state index contributed by atoms with van der Waals surface area (Å²) in [6, 6.07) is 18.4. The molecule has 1 saturated heterocycles. The molecule has 3 aromatic carbocycles. The monoisotopic (exact) mass is 579 g/mol. The minimum absolute atomic E-state index is 0.294. The van der Waals surface area contributed by atoms with Crippen LogP contribution in [-0.2, 0) is 15.8 Å². The minimum Gasteiger partial charge on any atom is -0.397 e. The smallest absolute Gasteiger partial charge is 0.397 e. The topological polar surface area (TPSA) is 90.7 Å². The highest BCUT2D eigenvalue weighted by Crippen LogP contribution is 2.32. The Morgan fingerprint density at radius 3 is 2.29 bits per heavy atom. The largest absolute Gasteiger partial charge is 0.416 e. The zero-order valence-corrected chi connectivity index (χ0v) is 23.7. The number of nitrogens with zero attached hydrogens (tertiary/aromatic N) is 2. The number of carbonyl (C=O) groups excluding carboxylic acids is 2. The second-order valence-corrected chi connectivity index (χ2v) is 10.2. The van der Waals surface area contributed by atoms with Crippen LogP contribution >= 0.6 is 0 Å². The Labute approximate surface area is 244 Å². The average molecular weight is 580 g/mol. The quantitative estimate of drug-likeness (QED) is 0.201. The number of anilines is 3. The number of rotatable bonds is 10. The summed E-state index contributed by atoms with van der Waals surface area (Å²) in [5.41, 5.74) is 7.91. The molecule has 222 valence electrons. The first-order chi connectivity index (χ1) is 20.1. The molecule has 1 fully saturated rings. The summed E-state index contributed by atoms with van der Waals surface area (Å²) in [6.45, 7) is 7.43. The zero-order chi connectivity index (χ0) is 30.3. The predicted molar refractivity (Wildman–Crippen MR) is 161 cm³/mol. The second-order valence-electron chi connectivity index (χ2n) is 10.2. The van der Waals surface area contributed by atoms with Gasteiger partial charge in [-0.15, -0.1) is 0 Å². The van der Waals surface area contributed by atoms with Gasteiger partial charge in [0.15, 0.2) is 0 Å². The van der Waals surface area contributed by atoms with Crippen LogP contribution in [0.1, 0.15) is 43.0 Å². The van der Waals surface area contributed by atoms with Crippen LogP contribution in [0, 0.1) is 0 Å². The van der Waals surface area contributed by atoms with Gasteiger partial charge in [-0.2, -0.15) is 13.2 Å². The van der Waals surface area contributed by atoms with Crippen molar-refractivity contribution >= 4 is 35.0 Å². The number of hydrogen-bond donors (Lipinski definition) is 3. The molecule has 7 nitrogen and oxygen atoms in total. The van der Waals surface area contributed by atoms with Crippen molar-refractivity contribution in [3.63, 3.8) is 0 Å². The number of carbonyl (C=O) groups is 2. The molecule has 4 N–H and O–H groups in total. The second kappa shape index (κ2) is 13.7. The van der Waals surface area contributed by atoms with E-state index >= 15 is 0 Å². The maximum atomic E-state index is 13.6. The number of alkyl halides is 3. The number of para-hydroxylation sites is 2. The van der Waals surface area contributed by atoms with Gasteiger partial charge in [-0.1, -0.05) is 50.2 Å². The Hall–Kier alpha value is -4.15. The van der Waals surface area contributed by atoms with Crippen LogP contribution in [0.3, 0.4) is 0 Å². The molecule has 2 amide bonds. The van der Waals surface area contributed by atoms with Crippen LogP contribution in [0.4, 0.5) is 30.2 Å². The Morgan fingerprint density at radius 2 is 1.67 bits per heavy atom. The van der Waals surface area contributed by atoms with Crippen LogP contribution in [0.15, 0.2) is 78.9 Å². The van der Waals surface area contributed by atoms with Crippen molar-refractivity contribution in [2.45, 2.75) is 38.5 Å². The summed E-state index contributed by atoms with van der Waals surface area (Å²) in [6.07, 6.45) is -0.466. The average Bonchev–Trinajstić information content (AvgIpc) is 3.43. The summed E-state index contributed by atoms with van der Waals surface area (Å²) in [5, 5.41) is 5.55. The molecule has 10 heteroatoms. The molecule has 0 aromatic heterocycles. The van der Waals surface area contributed by atoms with Crippen LogP contribution in [0.5, 0.6) is 0 Å². The van der Waals surface area contributed by atoms with E-state index in [9.17, 15) is 22.8 Å².